The largest absolute Gasteiger partial charge is 0.301 e. The molecule has 3 heteroatoms. The van der Waals surface area contributed by atoms with Crippen molar-refractivity contribution in [3.05, 3.63) is 0 Å². The lowest BCUT2D eigenvalue weighted by Gasteiger charge is -2.34. The Morgan fingerprint density at radius 2 is 1.79 bits per heavy atom. The molecular weight excluding hydrogens is 174 g/mol. The molecule has 0 N–H and O–H groups in total. The van der Waals surface area contributed by atoms with E-state index < -0.39 is 0 Å². The van der Waals surface area contributed by atoms with Crippen molar-refractivity contribution in [2.24, 2.45) is 5.92 Å². The van der Waals surface area contributed by atoms with Crippen LogP contribution in [0, 0.1) is 17.2 Å². The van der Waals surface area contributed by atoms with Gasteiger partial charge in [-0.1, -0.05) is 6.92 Å². The molecule has 1 unspecified atom stereocenters. The highest BCUT2D eigenvalue weighted by Crippen LogP contribution is 2.05. The van der Waals surface area contributed by atoms with Crippen LogP contribution in [0.4, 0.5) is 0 Å². The van der Waals surface area contributed by atoms with Gasteiger partial charge in [0.05, 0.1) is 12.0 Å². The van der Waals surface area contributed by atoms with Gasteiger partial charge in [-0.25, -0.2) is 0 Å². The van der Waals surface area contributed by atoms with Crippen LogP contribution in [0.3, 0.4) is 0 Å². The second-order valence-electron chi connectivity index (χ2n) is 4.17. The van der Waals surface area contributed by atoms with Crippen LogP contribution in [0.25, 0.3) is 0 Å². The van der Waals surface area contributed by atoms with Gasteiger partial charge in [-0.15, -0.1) is 0 Å². The Hall–Kier alpha value is -0.590. The van der Waals surface area contributed by atoms with E-state index in [2.05, 4.69) is 22.8 Å². The van der Waals surface area contributed by atoms with Crippen LogP contribution in [0.5, 0.6) is 0 Å². The van der Waals surface area contributed by atoms with E-state index in [9.17, 15) is 0 Å². The van der Waals surface area contributed by atoms with Gasteiger partial charge in [0, 0.05) is 32.7 Å². The van der Waals surface area contributed by atoms with Gasteiger partial charge in [-0.05, 0) is 19.9 Å². The maximum Gasteiger partial charge on any atom is 0.0666 e. The first-order valence-electron chi connectivity index (χ1n) is 5.60. The first-order valence-corrected chi connectivity index (χ1v) is 5.60. The Labute approximate surface area is 87.3 Å². The Balaban J connectivity index is 2.19. The fourth-order valence-corrected chi connectivity index (χ4v) is 1.94. The third-order valence-electron chi connectivity index (χ3n) is 2.76. The Morgan fingerprint density at radius 1 is 1.21 bits per heavy atom. The molecular formula is C11H21N3. The van der Waals surface area contributed by atoms with E-state index in [1.54, 1.807) is 0 Å². The van der Waals surface area contributed by atoms with Crippen LogP contribution in [-0.4, -0.2) is 49.1 Å². The predicted octanol–water partition coefficient (Wildman–Crippen LogP) is 1.17. The summed E-state index contributed by atoms with van der Waals surface area (Å²) in [7, 11) is 0. The predicted molar refractivity (Wildman–Crippen MR) is 57.9 cm³/mol. The molecule has 1 heterocycles. The molecule has 1 atom stereocenters. The average molecular weight is 195 g/mol. The number of hydrogen-bond donors (Lipinski definition) is 0. The third kappa shape index (κ3) is 3.65. The third-order valence-corrected chi connectivity index (χ3v) is 2.76. The van der Waals surface area contributed by atoms with Crippen molar-refractivity contribution in [2.75, 3.05) is 39.3 Å². The van der Waals surface area contributed by atoms with Gasteiger partial charge in [0.2, 0.25) is 0 Å². The zero-order chi connectivity index (χ0) is 10.4. The van der Waals surface area contributed by atoms with Crippen molar-refractivity contribution in [1.29, 1.82) is 5.26 Å². The molecule has 0 aromatic carbocycles. The molecule has 0 aromatic rings. The molecule has 14 heavy (non-hydrogen) atoms. The smallest absolute Gasteiger partial charge is 0.0666 e. The summed E-state index contributed by atoms with van der Waals surface area (Å²) in [5, 5.41) is 8.71. The first-order chi connectivity index (χ1) is 6.76. The summed E-state index contributed by atoms with van der Waals surface area (Å²) in [5.74, 6) is 0.174. The molecule has 1 fully saturated rings. The van der Waals surface area contributed by atoms with Gasteiger partial charge < -0.3 is 4.90 Å². The summed E-state index contributed by atoms with van der Waals surface area (Å²) in [4.78, 5) is 4.91. The molecule has 0 amide bonds. The molecule has 1 aliphatic rings. The number of nitriles is 1. The Morgan fingerprint density at radius 3 is 2.29 bits per heavy atom. The second kappa shape index (κ2) is 6.00. The molecule has 0 radical (unpaired) electrons. The first kappa shape index (κ1) is 11.5. The molecule has 1 saturated heterocycles. The molecule has 80 valence electrons. The quantitative estimate of drug-likeness (QED) is 0.674. The minimum absolute atomic E-state index is 0.174. The van der Waals surface area contributed by atoms with Gasteiger partial charge in [0.25, 0.3) is 0 Å². The van der Waals surface area contributed by atoms with Crippen LogP contribution in [0.2, 0.25) is 0 Å². The molecule has 0 saturated carbocycles. The highest BCUT2D eigenvalue weighted by molar-refractivity contribution is 4.83. The summed E-state index contributed by atoms with van der Waals surface area (Å²) < 4.78 is 0. The topological polar surface area (TPSA) is 30.3 Å². The molecule has 1 rings (SSSR count). The lowest BCUT2D eigenvalue weighted by molar-refractivity contribution is 0.126. The average Bonchev–Trinajstić information content (AvgIpc) is 2.21. The summed E-state index contributed by atoms with van der Waals surface area (Å²) in [6.45, 7) is 11.0. The monoisotopic (exact) mass is 195 g/mol. The van der Waals surface area contributed by atoms with E-state index in [1.807, 2.05) is 6.92 Å². The van der Waals surface area contributed by atoms with Crippen LogP contribution in [0.15, 0.2) is 0 Å². The lowest BCUT2D eigenvalue weighted by Crippen LogP contribution is -2.47. The second-order valence-corrected chi connectivity index (χ2v) is 4.17. The van der Waals surface area contributed by atoms with Crippen molar-refractivity contribution in [3.63, 3.8) is 0 Å². The molecule has 3 nitrogen and oxygen atoms in total. The van der Waals surface area contributed by atoms with E-state index in [0.717, 1.165) is 19.6 Å². The van der Waals surface area contributed by atoms with Gasteiger partial charge in [0.1, 0.15) is 0 Å². The van der Waals surface area contributed by atoms with Crippen LogP contribution >= 0.6 is 0 Å². The minimum Gasteiger partial charge on any atom is -0.301 e. The highest BCUT2D eigenvalue weighted by Gasteiger charge is 2.17. The number of piperazine rings is 1. The SMILES string of the molecule is CCCN1CCN(CC(C)C#N)CC1. The summed E-state index contributed by atoms with van der Waals surface area (Å²) in [6, 6.07) is 2.29. The van der Waals surface area contributed by atoms with Crippen molar-refractivity contribution in [3.8, 4) is 6.07 Å². The molecule has 0 bridgehead atoms. The lowest BCUT2D eigenvalue weighted by atomic mass is 10.2. The fourth-order valence-electron chi connectivity index (χ4n) is 1.94. The number of hydrogen-bond acceptors (Lipinski definition) is 3. The molecule has 0 aromatic heterocycles. The van der Waals surface area contributed by atoms with Crippen LogP contribution < -0.4 is 0 Å². The van der Waals surface area contributed by atoms with Gasteiger partial charge in [0.15, 0.2) is 0 Å². The Bertz CT molecular complexity index is 189. The maximum absolute atomic E-state index is 8.71. The summed E-state index contributed by atoms with van der Waals surface area (Å²) in [6.07, 6.45) is 1.24. The van der Waals surface area contributed by atoms with Gasteiger partial charge in [-0.3, -0.25) is 4.90 Å². The molecule has 1 aliphatic heterocycles. The van der Waals surface area contributed by atoms with Gasteiger partial charge >= 0.3 is 0 Å². The van der Waals surface area contributed by atoms with Gasteiger partial charge in [-0.2, -0.15) is 5.26 Å². The normalized spacial score (nSPS) is 21.8. The maximum atomic E-state index is 8.71. The fraction of sp³-hybridized carbons (Fsp3) is 0.909. The molecule has 0 aliphatic carbocycles. The van der Waals surface area contributed by atoms with E-state index in [0.29, 0.717) is 0 Å². The summed E-state index contributed by atoms with van der Waals surface area (Å²) >= 11 is 0. The van der Waals surface area contributed by atoms with E-state index in [-0.39, 0.29) is 5.92 Å². The Kier molecular flexibility index (Phi) is 4.92. The van der Waals surface area contributed by atoms with Crippen molar-refractivity contribution in [2.45, 2.75) is 20.3 Å². The number of rotatable bonds is 4. The van der Waals surface area contributed by atoms with Crippen molar-refractivity contribution >= 4 is 0 Å². The highest BCUT2D eigenvalue weighted by atomic mass is 15.3. The summed E-state index contributed by atoms with van der Waals surface area (Å²) in [5.41, 5.74) is 0. The standard InChI is InChI=1S/C11H21N3/c1-3-4-13-5-7-14(8-6-13)10-11(2)9-12/h11H,3-8,10H2,1-2H3. The zero-order valence-electron chi connectivity index (χ0n) is 9.37. The van der Waals surface area contributed by atoms with Crippen molar-refractivity contribution < 1.29 is 0 Å². The number of nitrogens with zero attached hydrogens (tertiary/aromatic N) is 3. The van der Waals surface area contributed by atoms with Crippen LogP contribution in [-0.2, 0) is 0 Å². The zero-order valence-corrected chi connectivity index (χ0v) is 9.37. The van der Waals surface area contributed by atoms with E-state index >= 15 is 0 Å². The molecule has 0 spiro atoms. The van der Waals surface area contributed by atoms with Crippen LogP contribution in [0.1, 0.15) is 20.3 Å². The van der Waals surface area contributed by atoms with Crippen molar-refractivity contribution in [1.82, 2.24) is 9.80 Å². The minimum atomic E-state index is 0.174. The van der Waals surface area contributed by atoms with E-state index in [1.165, 1.54) is 26.1 Å². The van der Waals surface area contributed by atoms with E-state index in [4.69, 9.17) is 5.26 Å².